The average Bonchev–Trinajstić information content (AvgIpc) is 2.60. The summed E-state index contributed by atoms with van der Waals surface area (Å²) >= 11 is 0. The minimum Gasteiger partial charge on any atom is -0.496 e. The molecular formula is C21H25NO5. The number of rotatable bonds is 6. The monoisotopic (exact) mass is 371 g/mol. The molecule has 0 radical (unpaired) electrons. The molecular weight excluding hydrogens is 346 g/mol. The fraction of sp³-hybridized carbons (Fsp3) is 0.333. The summed E-state index contributed by atoms with van der Waals surface area (Å²) in [6.45, 7) is 5.16. The summed E-state index contributed by atoms with van der Waals surface area (Å²) in [5, 5.41) is 11.8. The molecule has 0 saturated heterocycles. The van der Waals surface area contributed by atoms with Crippen LogP contribution in [-0.2, 0) is 16.0 Å². The lowest BCUT2D eigenvalue weighted by Crippen LogP contribution is -2.44. The fourth-order valence-electron chi connectivity index (χ4n) is 2.59. The van der Waals surface area contributed by atoms with E-state index in [1.807, 2.05) is 48.5 Å². The summed E-state index contributed by atoms with van der Waals surface area (Å²) in [5.74, 6) is -0.352. The van der Waals surface area contributed by atoms with Gasteiger partial charge in [0, 0.05) is 12.0 Å². The number of nitrogens with one attached hydrogen (secondary N) is 1. The zero-order valence-electron chi connectivity index (χ0n) is 16.0. The minimum atomic E-state index is -1.12. The number of para-hydroxylation sites is 1. The van der Waals surface area contributed by atoms with Crippen LogP contribution < -0.4 is 10.1 Å². The van der Waals surface area contributed by atoms with Gasteiger partial charge in [0.25, 0.3) is 0 Å². The van der Waals surface area contributed by atoms with Gasteiger partial charge in [-0.05, 0) is 38.0 Å². The molecule has 27 heavy (non-hydrogen) atoms. The Hall–Kier alpha value is -3.02. The van der Waals surface area contributed by atoms with Gasteiger partial charge in [-0.2, -0.15) is 0 Å². The Balaban J connectivity index is 2.11. The van der Waals surface area contributed by atoms with Crippen molar-refractivity contribution in [2.24, 2.45) is 0 Å². The lowest BCUT2D eigenvalue weighted by Gasteiger charge is -2.22. The minimum absolute atomic E-state index is 0.154. The number of amides is 1. The first-order valence-corrected chi connectivity index (χ1v) is 8.64. The van der Waals surface area contributed by atoms with Gasteiger partial charge in [0.2, 0.25) is 0 Å². The van der Waals surface area contributed by atoms with Gasteiger partial charge in [0.1, 0.15) is 17.4 Å². The molecule has 0 aliphatic heterocycles. The third-order valence-electron chi connectivity index (χ3n) is 3.80. The highest BCUT2D eigenvalue weighted by molar-refractivity contribution is 5.80. The van der Waals surface area contributed by atoms with Crippen LogP contribution in [0.2, 0.25) is 0 Å². The van der Waals surface area contributed by atoms with Crippen molar-refractivity contribution < 1.29 is 24.2 Å². The Morgan fingerprint density at radius 3 is 2.26 bits per heavy atom. The largest absolute Gasteiger partial charge is 0.496 e. The van der Waals surface area contributed by atoms with Crippen molar-refractivity contribution in [3.63, 3.8) is 0 Å². The molecule has 1 amide bonds. The molecule has 0 aromatic heterocycles. The highest BCUT2D eigenvalue weighted by atomic mass is 16.6. The van der Waals surface area contributed by atoms with E-state index in [1.54, 1.807) is 27.9 Å². The summed E-state index contributed by atoms with van der Waals surface area (Å²) in [6, 6.07) is 14.1. The first-order chi connectivity index (χ1) is 12.7. The fourth-order valence-corrected chi connectivity index (χ4v) is 2.59. The van der Waals surface area contributed by atoms with Crippen LogP contribution in [0.15, 0.2) is 48.5 Å². The third kappa shape index (κ3) is 6.02. The Bertz CT molecular complexity index is 793. The molecule has 6 heteroatoms. The number of aliphatic carboxylic acids is 1. The SMILES string of the molecule is COc1ccccc1-c1ccc(C[C@H](NC(=O)OC(C)(C)C)C(=O)O)cc1. The number of benzene rings is 2. The van der Waals surface area contributed by atoms with Gasteiger partial charge < -0.3 is 19.9 Å². The molecule has 6 nitrogen and oxygen atoms in total. The first-order valence-electron chi connectivity index (χ1n) is 8.64. The number of carboxylic acids is 1. The summed E-state index contributed by atoms with van der Waals surface area (Å²) in [5.41, 5.74) is 2.01. The van der Waals surface area contributed by atoms with E-state index in [2.05, 4.69) is 5.32 Å². The maximum Gasteiger partial charge on any atom is 0.408 e. The van der Waals surface area contributed by atoms with Crippen molar-refractivity contribution in [2.45, 2.75) is 38.8 Å². The molecule has 0 saturated carbocycles. The van der Waals surface area contributed by atoms with Crippen LogP contribution in [0.25, 0.3) is 11.1 Å². The molecule has 2 N–H and O–H groups in total. The van der Waals surface area contributed by atoms with E-state index in [9.17, 15) is 14.7 Å². The highest BCUT2D eigenvalue weighted by Gasteiger charge is 2.24. The van der Waals surface area contributed by atoms with Gasteiger partial charge in [-0.1, -0.05) is 42.5 Å². The van der Waals surface area contributed by atoms with Crippen molar-refractivity contribution in [3.8, 4) is 16.9 Å². The smallest absolute Gasteiger partial charge is 0.408 e. The van der Waals surface area contributed by atoms with Crippen molar-refractivity contribution >= 4 is 12.1 Å². The molecule has 144 valence electrons. The van der Waals surface area contributed by atoms with Crippen LogP contribution in [0.5, 0.6) is 5.75 Å². The molecule has 0 heterocycles. The van der Waals surface area contributed by atoms with Gasteiger partial charge in [-0.3, -0.25) is 0 Å². The van der Waals surface area contributed by atoms with Gasteiger partial charge in [0.05, 0.1) is 7.11 Å². The number of carbonyl (C=O) groups excluding carboxylic acids is 1. The molecule has 0 aliphatic carbocycles. The van der Waals surface area contributed by atoms with Crippen LogP contribution in [-0.4, -0.2) is 35.9 Å². The topological polar surface area (TPSA) is 84.9 Å². The quantitative estimate of drug-likeness (QED) is 0.805. The van der Waals surface area contributed by atoms with E-state index >= 15 is 0 Å². The second-order valence-corrected chi connectivity index (χ2v) is 7.14. The Morgan fingerprint density at radius 2 is 1.70 bits per heavy atom. The third-order valence-corrected chi connectivity index (χ3v) is 3.80. The molecule has 0 aliphatic rings. The molecule has 2 aromatic carbocycles. The van der Waals surface area contributed by atoms with E-state index in [0.717, 1.165) is 22.4 Å². The van der Waals surface area contributed by atoms with E-state index in [-0.39, 0.29) is 6.42 Å². The van der Waals surface area contributed by atoms with Crippen LogP contribution in [0.3, 0.4) is 0 Å². The van der Waals surface area contributed by atoms with Gasteiger partial charge >= 0.3 is 12.1 Å². The molecule has 0 unspecified atom stereocenters. The van der Waals surface area contributed by atoms with E-state index in [1.165, 1.54) is 0 Å². The normalized spacial score (nSPS) is 12.1. The number of carboxylic acid groups (broad SMARTS) is 1. The number of methoxy groups -OCH3 is 1. The van der Waals surface area contributed by atoms with E-state index in [4.69, 9.17) is 9.47 Å². The Morgan fingerprint density at radius 1 is 1.07 bits per heavy atom. The second kappa shape index (κ2) is 8.58. The standard InChI is InChI=1S/C21H25NO5/c1-21(2,3)27-20(25)22-17(19(23)24)13-14-9-11-15(12-10-14)16-7-5-6-8-18(16)26-4/h5-12,17H,13H2,1-4H3,(H,22,25)(H,23,24)/t17-/m0/s1. The van der Waals surface area contributed by atoms with Gasteiger partial charge in [-0.25, -0.2) is 9.59 Å². The Kier molecular flexibility index (Phi) is 6.45. The van der Waals surface area contributed by atoms with Crippen LogP contribution >= 0.6 is 0 Å². The summed E-state index contributed by atoms with van der Waals surface area (Å²) in [4.78, 5) is 23.4. The molecule has 0 fully saturated rings. The lowest BCUT2D eigenvalue weighted by molar-refractivity contribution is -0.139. The molecule has 2 aromatic rings. The molecule has 1 atom stereocenters. The summed E-state index contributed by atoms with van der Waals surface area (Å²) in [7, 11) is 1.62. The van der Waals surface area contributed by atoms with Crippen molar-refractivity contribution in [1.29, 1.82) is 0 Å². The predicted octanol–water partition coefficient (Wildman–Crippen LogP) is 3.88. The maximum absolute atomic E-state index is 11.9. The average molecular weight is 371 g/mol. The molecule has 0 spiro atoms. The number of hydrogen-bond acceptors (Lipinski definition) is 4. The molecule has 0 bridgehead atoms. The lowest BCUT2D eigenvalue weighted by atomic mass is 10.00. The van der Waals surface area contributed by atoms with Crippen molar-refractivity contribution in [3.05, 3.63) is 54.1 Å². The first kappa shape index (κ1) is 20.3. The van der Waals surface area contributed by atoms with Gasteiger partial charge in [0.15, 0.2) is 0 Å². The van der Waals surface area contributed by atoms with E-state index < -0.39 is 23.7 Å². The van der Waals surface area contributed by atoms with Crippen molar-refractivity contribution in [1.82, 2.24) is 5.32 Å². The number of hydrogen-bond donors (Lipinski definition) is 2. The Labute approximate surface area is 159 Å². The van der Waals surface area contributed by atoms with E-state index in [0.29, 0.717) is 0 Å². The zero-order chi connectivity index (χ0) is 20.0. The van der Waals surface area contributed by atoms with Crippen LogP contribution in [0.4, 0.5) is 4.79 Å². The summed E-state index contributed by atoms with van der Waals surface area (Å²) < 4.78 is 10.5. The number of carbonyl (C=O) groups is 2. The second-order valence-electron chi connectivity index (χ2n) is 7.14. The number of ether oxygens (including phenoxy) is 2. The van der Waals surface area contributed by atoms with Crippen LogP contribution in [0.1, 0.15) is 26.3 Å². The van der Waals surface area contributed by atoms with Gasteiger partial charge in [-0.15, -0.1) is 0 Å². The summed E-state index contributed by atoms with van der Waals surface area (Å²) in [6.07, 6.45) is -0.596. The number of alkyl carbamates (subject to hydrolysis) is 1. The molecule has 2 rings (SSSR count). The maximum atomic E-state index is 11.9. The zero-order valence-corrected chi connectivity index (χ0v) is 16.0. The van der Waals surface area contributed by atoms with Crippen molar-refractivity contribution in [2.75, 3.05) is 7.11 Å². The van der Waals surface area contributed by atoms with Crippen LogP contribution in [0, 0.1) is 0 Å². The predicted molar refractivity (Wildman–Crippen MR) is 103 cm³/mol. The highest BCUT2D eigenvalue weighted by Crippen LogP contribution is 2.29.